The quantitative estimate of drug-likeness (QED) is 0.574. The highest BCUT2D eigenvalue weighted by molar-refractivity contribution is 9.10. The highest BCUT2D eigenvalue weighted by Gasteiger charge is 2.40. The van der Waals surface area contributed by atoms with E-state index in [1.54, 1.807) is 19.1 Å². The number of likely N-dealkylation sites (N-methyl/N-ethyl adjacent to an activating group) is 1. The molecule has 1 aliphatic heterocycles. The number of carbonyl (C=O) groups is 3. The highest BCUT2D eigenvalue weighted by atomic mass is 79.9. The van der Waals surface area contributed by atoms with Crippen molar-refractivity contribution in [3.63, 3.8) is 0 Å². The Kier molecular flexibility index (Phi) is 7.35. The van der Waals surface area contributed by atoms with Gasteiger partial charge in [-0.2, -0.15) is 0 Å². The van der Waals surface area contributed by atoms with E-state index in [1.165, 1.54) is 24.1 Å². The fraction of sp³-hybridized carbons (Fsp3) is 0.318. The molecule has 32 heavy (non-hydrogen) atoms. The summed E-state index contributed by atoms with van der Waals surface area (Å²) >= 11 is 3.40. The third kappa shape index (κ3) is 4.86. The first-order chi connectivity index (χ1) is 15.2. The summed E-state index contributed by atoms with van der Waals surface area (Å²) in [6, 6.07) is 12.8. The summed E-state index contributed by atoms with van der Waals surface area (Å²) in [4.78, 5) is 39.2. The van der Waals surface area contributed by atoms with Crippen LogP contribution >= 0.6 is 15.9 Å². The zero-order chi connectivity index (χ0) is 23.5. The van der Waals surface area contributed by atoms with Gasteiger partial charge in [-0.05, 0) is 43.2 Å². The van der Waals surface area contributed by atoms with Crippen molar-refractivity contribution in [1.29, 1.82) is 0 Å². The molecular formula is C22H24BrN3O5S. The standard InChI is InChI=1S/C22H24BrN3O5S/c1-15(21(28)24-2)25(14-16-7-5-8-17(23)13-16)20(27)11-6-12-26-22(29)18-9-3-4-10-19(18)32(26,30)31/h3-5,7-10,13,15H,6,11-12,14H2,1-2H3,(H,24,28)/t15-/m1/s1. The van der Waals surface area contributed by atoms with Gasteiger partial charge in [0.2, 0.25) is 11.8 Å². The molecule has 2 aromatic carbocycles. The number of nitrogens with one attached hydrogen (secondary N) is 1. The van der Waals surface area contributed by atoms with Crippen LogP contribution in [0.15, 0.2) is 57.9 Å². The van der Waals surface area contributed by atoms with E-state index in [4.69, 9.17) is 0 Å². The SMILES string of the molecule is CNC(=O)[C@@H](C)N(Cc1cccc(Br)c1)C(=O)CCCN1C(=O)c2ccccc2S1(=O)=O. The van der Waals surface area contributed by atoms with Crippen LogP contribution in [0.3, 0.4) is 0 Å². The zero-order valence-corrected chi connectivity index (χ0v) is 20.1. The number of carbonyl (C=O) groups excluding carboxylic acids is 3. The fourth-order valence-corrected chi connectivity index (χ4v) is 5.65. The molecule has 2 aromatic rings. The number of sulfonamides is 1. The summed E-state index contributed by atoms with van der Waals surface area (Å²) in [5.74, 6) is -1.19. The predicted octanol–water partition coefficient (Wildman–Crippen LogP) is 2.54. The minimum Gasteiger partial charge on any atom is -0.357 e. The number of rotatable bonds is 8. The van der Waals surface area contributed by atoms with Gasteiger partial charge in [0.15, 0.2) is 0 Å². The summed E-state index contributed by atoms with van der Waals surface area (Å²) in [5, 5.41) is 2.55. The van der Waals surface area contributed by atoms with Gasteiger partial charge < -0.3 is 10.2 Å². The maximum atomic E-state index is 13.0. The average Bonchev–Trinajstić information content (AvgIpc) is 2.97. The van der Waals surface area contributed by atoms with Crippen molar-refractivity contribution < 1.29 is 22.8 Å². The van der Waals surface area contributed by atoms with E-state index in [0.29, 0.717) is 0 Å². The number of hydrogen-bond acceptors (Lipinski definition) is 5. The van der Waals surface area contributed by atoms with Crippen molar-refractivity contribution in [2.45, 2.75) is 37.2 Å². The minimum absolute atomic E-state index is 0.00895. The van der Waals surface area contributed by atoms with Gasteiger partial charge in [-0.25, -0.2) is 12.7 Å². The molecule has 0 aliphatic carbocycles. The summed E-state index contributed by atoms with van der Waals surface area (Å²) in [5.41, 5.74) is 0.986. The molecular weight excluding hydrogens is 498 g/mol. The predicted molar refractivity (Wildman–Crippen MR) is 122 cm³/mol. The van der Waals surface area contributed by atoms with Crippen LogP contribution in [-0.4, -0.2) is 55.0 Å². The summed E-state index contributed by atoms with van der Waals surface area (Å²) in [6.45, 7) is 1.75. The molecule has 8 nitrogen and oxygen atoms in total. The number of amides is 3. The molecule has 170 valence electrons. The highest BCUT2D eigenvalue weighted by Crippen LogP contribution is 2.30. The molecule has 0 unspecified atom stereocenters. The largest absolute Gasteiger partial charge is 0.357 e. The second-order valence-electron chi connectivity index (χ2n) is 7.42. The molecule has 1 N–H and O–H groups in total. The number of nitrogens with zero attached hydrogens (tertiary/aromatic N) is 2. The van der Waals surface area contributed by atoms with Crippen molar-refractivity contribution in [3.05, 3.63) is 64.1 Å². The van der Waals surface area contributed by atoms with Crippen LogP contribution in [0.5, 0.6) is 0 Å². The van der Waals surface area contributed by atoms with E-state index in [0.717, 1.165) is 14.3 Å². The van der Waals surface area contributed by atoms with E-state index in [-0.39, 0.29) is 48.2 Å². The van der Waals surface area contributed by atoms with E-state index in [2.05, 4.69) is 21.2 Å². The van der Waals surface area contributed by atoms with Crippen LogP contribution in [0, 0.1) is 0 Å². The molecule has 0 aromatic heterocycles. The molecule has 3 amide bonds. The van der Waals surface area contributed by atoms with Crippen LogP contribution in [0.2, 0.25) is 0 Å². The van der Waals surface area contributed by atoms with E-state index in [1.807, 2.05) is 24.3 Å². The second-order valence-corrected chi connectivity index (χ2v) is 10.2. The molecule has 0 spiro atoms. The molecule has 1 heterocycles. The first-order valence-corrected chi connectivity index (χ1v) is 12.3. The number of halogens is 1. The Balaban J connectivity index is 1.70. The Morgan fingerprint density at radius 3 is 2.53 bits per heavy atom. The lowest BCUT2D eigenvalue weighted by atomic mass is 10.1. The molecule has 10 heteroatoms. The third-order valence-electron chi connectivity index (χ3n) is 5.32. The lowest BCUT2D eigenvalue weighted by molar-refractivity contribution is -0.140. The van der Waals surface area contributed by atoms with Gasteiger partial charge >= 0.3 is 0 Å². The van der Waals surface area contributed by atoms with Gasteiger partial charge in [-0.3, -0.25) is 14.4 Å². The lowest BCUT2D eigenvalue weighted by Gasteiger charge is -2.28. The fourth-order valence-electron chi connectivity index (χ4n) is 3.59. The smallest absolute Gasteiger partial charge is 0.269 e. The van der Waals surface area contributed by atoms with E-state index in [9.17, 15) is 22.8 Å². The topological polar surface area (TPSA) is 104 Å². The van der Waals surface area contributed by atoms with Crippen molar-refractivity contribution in [1.82, 2.24) is 14.5 Å². The van der Waals surface area contributed by atoms with Crippen LogP contribution < -0.4 is 5.32 Å². The van der Waals surface area contributed by atoms with Gasteiger partial charge in [0, 0.05) is 31.0 Å². The zero-order valence-electron chi connectivity index (χ0n) is 17.7. The molecule has 0 saturated carbocycles. The minimum atomic E-state index is -3.91. The lowest BCUT2D eigenvalue weighted by Crippen LogP contribution is -2.46. The number of benzene rings is 2. The molecule has 0 radical (unpaired) electrons. The van der Waals surface area contributed by atoms with Crippen molar-refractivity contribution >= 4 is 43.7 Å². The van der Waals surface area contributed by atoms with Crippen LogP contribution in [-0.2, 0) is 26.2 Å². The first kappa shape index (κ1) is 23.9. The second kappa shape index (κ2) is 9.83. The normalized spacial score (nSPS) is 15.2. The molecule has 1 aliphatic rings. The van der Waals surface area contributed by atoms with Crippen LogP contribution in [0.1, 0.15) is 35.7 Å². The Bertz CT molecular complexity index is 1150. The van der Waals surface area contributed by atoms with Crippen molar-refractivity contribution in [2.24, 2.45) is 0 Å². The van der Waals surface area contributed by atoms with Gasteiger partial charge in [0.05, 0.1) is 5.56 Å². The van der Waals surface area contributed by atoms with Crippen LogP contribution in [0.4, 0.5) is 0 Å². The monoisotopic (exact) mass is 521 g/mol. The van der Waals surface area contributed by atoms with E-state index < -0.39 is 22.0 Å². The number of hydrogen-bond donors (Lipinski definition) is 1. The summed E-state index contributed by atoms with van der Waals surface area (Å²) < 4.78 is 27.0. The third-order valence-corrected chi connectivity index (χ3v) is 7.65. The number of fused-ring (bicyclic) bond motifs is 1. The maximum Gasteiger partial charge on any atom is 0.269 e. The maximum absolute atomic E-state index is 13.0. The van der Waals surface area contributed by atoms with E-state index >= 15 is 0 Å². The molecule has 3 rings (SSSR count). The van der Waals surface area contributed by atoms with Gasteiger partial charge in [-0.15, -0.1) is 0 Å². The first-order valence-electron chi connectivity index (χ1n) is 10.1. The van der Waals surface area contributed by atoms with Crippen LogP contribution in [0.25, 0.3) is 0 Å². The van der Waals surface area contributed by atoms with Crippen molar-refractivity contribution in [3.8, 4) is 0 Å². The molecule has 0 saturated heterocycles. The van der Waals surface area contributed by atoms with Crippen molar-refractivity contribution in [2.75, 3.05) is 13.6 Å². The Labute approximate surface area is 195 Å². The van der Waals surface area contributed by atoms with Gasteiger partial charge in [-0.1, -0.05) is 40.2 Å². The molecule has 0 bridgehead atoms. The Morgan fingerprint density at radius 1 is 1.16 bits per heavy atom. The van der Waals surface area contributed by atoms with Gasteiger partial charge in [0.25, 0.3) is 15.9 Å². The Hall–Kier alpha value is -2.72. The molecule has 0 fully saturated rings. The Morgan fingerprint density at radius 2 is 1.88 bits per heavy atom. The molecule has 1 atom stereocenters. The average molecular weight is 522 g/mol. The van der Waals surface area contributed by atoms with Gasteiger partial charge in [0.1, 0.15) is 10.9 Å². The summed E-state index contributed by atoms with van der Waals surface area (Å²) in [7, 11) is -2.41. The summed E-state index contributed by atoms with van der Waals surface area (Å²) in [6.07, 6.45) is 0.137.